The molecule has 0 saturated heterocycles. The molecule has 1 aliphatic rings. The number of hydrogen-bond donors (Lipinski definition) is 2. The molecule has 28 heavy (non-hydrogen) atoms. The predicted molar refractivity (Wildman–Crippen MR) is 110 cm³/mol. The van der Waals surface area contributed by atoms with Gasteiger partial charge in [0, 0.05) is 31.9 Å². The van der Waals surface area contributed by atoms with Gasteiger partial charge in [-0.2, -0.15) is 0 Å². The van der Waals surface area contributed by atoms with Gasteiger partial charge in [-0.3, -0.25) is 4.79 Å². The second kappa shape index (κ2) is 7.76. The summed E-state index contributed by atoms with van der Waals surface area (Å²) < 4.78 is 5.90. The van der Waals surface area contributed by atoms with Crippen LogP contribution in [0, 0.1) is 6.92 Å². The van der Waals surface area contributed by atoms with E-state index in [4.69, 9.17) is 4.74 Å². The number of aromatic amines is 1. The second-order valence-electron chi connectivity index (χ2n) is 7.04. The zero-order valence-electron chi connectivity index (χ0n) is 16.2. The third-order valence-electron chi connectivity index (χ3n) is 5.09. The SMILES string of the molecule is Cc1ccccc1-c1cc(C(=O)NCCc2cnc[nH]2)c2c(c1)N(C)CCO2. The van der Waals surface area contributed by atoms with Crippen molar-refractivity contribution >= 4 is 11.6 Å². The molecule has 3 aromatic rings. The van der Waals surface area contributed by atoms with Gasteiger partial charge in [-0.05, 0) is 35.7 Å². The quantitative estimate of drug-likeness (QED) is 0.718. The van der Waals surface area contributed by atoms with Gasteiger partial charge in [0.05, 0.1) is 24.1 Å². The van der Waals surface area contributed by atoms with Crippen molar-refractivity contribution in [1.82, 2.24) is 15.3 Å². The van der Waals surface area contributed by atoms with Gasteiger partial charge in [0.25, 0.3) is 5.91 Å². The number of carbonyl (C=O) groups is 1. The maximum absolute atomic E-state index is 13.0. The first-order valence-electron chi connectivity index (χ1n) is 9.47. The highest BCUT2D eigenvalue weighted by Gasteiger charge is 2.24. The summed E-state index contributed by atoms with van der Waals surface area (Å²) in [6, 6.07) is 12.3. The first-order chi connectivity index (χ1) is 13.6. The first kappa shape index (κ1) is 18.1. The number of aryl methyl sites for hydroxylation is 1. The number of aromatic nitrogens is 2. The molecule has 0 unspecified atom stereocenters. The summed E-state index contributed by atoms with van der Waals surface area (Å²) in [5.74, 6) is 0.534. The lowest BCUT2D eigenvalue weighted by Gasteiger charge is -2.30. The molecule has 2 heterocycles. The number of nitrogens with zero attached hydrogens (tertiary/aromatic N) is 2. The van der Waals surface area contributed by atoms with Crippen molar-refractivity contribution in [2.24, 2.45) is 0 Å². The normalized spacial score (nSPS) is 13.0. The van der Waals surface area contributed by atoms with Crippen molar-refractivity contribution in [2.75, 3.05) is 31.6 Å². The van der Waals surface area contributed by atoms with Gasteiger partial charge >= 0.3 is 0 Å². The largest absolute Gasteiger partial charge is 0.489 e. The molecule has 0 saturated carbocycles. The average molecular weight is 376 g/mol. The molecule has 1 amide bonds. The molecule has 144 valence electrons. The summed E-state index contributed by atoms with van der Waals surface area (Å²) in [6.45, 7) is 3.98. The van der Waals surface area contributed by atoms with Crippen LogP contribution in [0.1, 0.15) is 21.6 Å². The number of hydrogen-bond acceptors (Lipinski definition) is 4. The van der Waals surface area contributed by atoms with Crippen molar-refractivity contribution in [3.05, 3.63) is 65.7 Å². The summed E-state index contributed by atoms with van der Waals surface area (Å²) in [5.41, 5.74) is 5.83. The Bertz CT molecular complexity index is 982. The number of benzene rings is 2. The maximum Gasteiger partial charge on any atom is 0.255 e. The zero-order chi connectivity index (χ0) is 19.5. The van der Waals surface area contributed by atoms with E-state index in [0.717, 1.165) is 29.1 Å². The minimum atomic E-state index is -0.124. The fourth-order valence-electron chi connectivity index (χ4n) is 3.50. The van der Waals surface area contributed by atoms with E-state index >= 15 is 0 Å². The molecule has 0 atom stereocenters. The van der Waals surface area contributed by atoms with E-state index in [1.54, 1.807) is 12.5 Å². The molecule has 6 nitrogen and oxygen atoms in total. The summed E-state index contributed by atoms with van der Waals surface area (Å²) in [4.78, 5) is 22.2. The topological polar surface area (TPSA) is 70.2 Å². The molecule has 0 spiro atoms. The molecule has 1 aromatic heterocycles. The van der Waals surface area contributed by atoms with Crippen LogP contribution in [-0.4, -0.2) is 42.6 Å². The van der Waals surface area contributed by atoms with Gasteiger partial charge in [0.2, 0.25) is 0 Å². The van der Waals surface area contributed by atoms with Crippen LogP contribution in [0.3, 0.4) is 0 Å². The number of carbonyl (C=O) groups excluding carboxylic acids is 1. The lowest BCUT2D eigenvalue weighted by molar-refractivity contribution is 0.0950. The first-order valence-corrected chi connectivity index (χ1v) is 9.47. The highest BCUT2D eigenvalue weighted by Crippen LogP contribution is 2.39. The van der Waals surface area contributed by atoms with E-state index in [2.05, 4.69) is 45.3 Å². The van der Waals surface area contributed by atoms with Crippen LogP contribution in [0.15, 0.2) is 48.9 Å². The van der Waals surface area contributed by atoms with Gasteiger partial charge in [-0.15, -0.1) is 0 Å². The number of anilines is 1. The molecular weight excluding hydrogens is 352 g/mol. The summed E-state index contributed by atoms with van der Waals surface area (Å²) in [7, 11) is 2.03. The van der Waals surface area contributed by atoms with E-state index in [-0.39, 0.29) is 5.91 Å². The van der Waals surface area contributed by atoms with Crippen LogP contribution >= 0.6 is 0 Å². The van der Waals surface area contributed by atoms with Crippen LogP contribution in [0.25, 0.3) is 11.1 Å². The molecule has 1 aliphatic heterocycles. The van der Waals surface area contributed by atoms with E-state index in [1.165, 1.54) is 5.56 Å². The van der Waals surface area contributed by atoms with E-state index in [0.29, 0.717) is 30.9 Å². The highest BCUT2D eigenvalue weighted by atomic mass is 16.5. The lowest BCUT2D eigenvalue weighted by atomic mass is 9.96. The van der Waals surface area contributed by atoms with E-state index in [9.17, 15) is 4.79 Å². The van der Waals surface area contributed by atoms with Gasteiger partial charge in [-0.25, -0.2) is 4.98 Å². The Hall–Kier alpha value is -3.28. The number of likely N-dealkylation sites (N-methyl/N-ethyl adjacent to an activating group) is 1. The molecule has 0 bridgehead atoms. The van der Waals surface area contributed by atoms with Crippen molar-refractivity contribution in [3.8, 4) is 16.9 Å². The third kappa shape index (κ3) is 3.58. The summed E-state index contributed by atoms with van der Waals surface area (Å²) >= 11 is 0. The number of amides is 1. The second-order valence-corrected chi connectivity index (χ2v) is 7.04. The Balaban J connectivity index is 1.66. The molecule has 0 radical (unpaired) electrons. The van der Waals surface area contributed by atoms with Crippen LogP contribution in [0.5, 0.6) is 5.75 Å². The van der Waals surface area contributed by atoms with Gasteiger partial charge in [-0.1, -0.05) is 24.3 Å². The zero-order valence-corrected chi connectivity index (χ0v) is 16.2. The number of ether oxygens (including phenoxy) is 1. The molecule has 6 heteroatoms. The number of H-pyrrole nitrogens is 1. The van der Waals surface area contributed by atoms with Crippen molar-refractivity contribution in [1.29, 1.82) is 0 Å². The maximum atomic E-state index is 13.0. The Morgan fingerprint density at radius 1 is 1.32 bits per heavy atom. The third-order valence-corrected chi connectivity index (χ3v) is 5.09. The van der Waals surface area contributed by atoms with Crippen molar-refractivity contribution in [2.45, 2.75) is 13.3 Å². The van der Waals surface area contributed by atoms with Crippen LogP contribution < -0.4 is 15.0 Å². The number of imidazole rings is 1. The van der Waals surface area contributed by atoms with Crippen LogP contribution in [-0.2, 0) is 6.42 Å². The fourth-order valence-corrected chi connectivity index (χ4v) is 3.50. The summed E-state index contributed by atoms with van der Waals surface area (Å²) in [5, 5.41) is 3.01. The molecule has 2 aromatic carbocycles. The van der Waals surface area contributed by atoms with E-state index in [1.807, 2.05) is 25.2 Å². The number of nitrogens with one attached hydrogen (secondary N) is 2. The monoisotopic (exact) mass is 376 g/mol. The Morgan fingerprint density at radius 2 is 2.18 bits per heavy atom. The van der Waals surface area contributed by atoms with Gasteiger partial charge in [0.1, 0.15) is 6.61 Å². The minimum Gasteiger partial charge on any atom is -0.489 e. The predicted octanol–water partition coefficient (Wildman–Crippen LogP) is 3.19. The Kier molecular flexibility index (Phi) is 5.02. The van der Waals surface area contributed by atoms with E-state index < -0.39 is 0 Å². The van der Waals surface area contributed by atoms with Crippen molar-refractivity contribution < 1.29 is 9.53 Å². The van der Waals surface area contributed by atoms with Crippen LogP contribution in [0.2, 0.25) is 0 Å². The Morgan fingerprint density at radius 3 is 2.96 bits per heavy atom. The molecule has 0 fully saturated rings. The fraction of sp³-hybridized carbons (Fsp3) is 0.273. The Labute approximate surface area is 164 Å². The van der Waals surface area contributed by atoms with Crippen molar-refractivity contribution in [3.63, 3.8) is 0 Å². The summed E-state index contributed by atoms with van der Waals surface area (Å²) in [6.07, 6.45) is 4.11. The number of fused-ring (bicyclic) bond motifs is 1. The molecular formula is C22H24N4O2. The van der Waals surface area contributed by atoms with Crippen LogP contribution in [0.4, 0.5) is 5.69 Å². The average Bonchev–Trinajstić information content (AvgIpc) is 3.21. The van der Waals surface area contributed by atoms with Gasteiger partial charge < -0.3 is 19.9 Å². The standard InChI is InChI=1S/C22H24N4O2/c1-15-5-3-4-6-18(15)16-11-19(21-20(12-16)26(2)9-10-28-21)22(27)24-8-7-17-13-23-14-25-17/h3-6,11-14H,7-10H2,1-2H3,(H,23,25)(H,24,27). The lowest BCUT2D eigenvalue weighted by Crippen LogP contribution is -2.32. The molecule has 4 rings (SSSR count). The molecule has 0 aliphatic carbocycles. The van der Waals surface area contributed by atoms with Gasteiger partial charge in [0.15, 0.2) is 5.75 Å². The number of rotatable bonds is 5. The minimum absolute atomic E-state index is 0.124. The smallest absolute Gasteiger partial charge is 0.255 e. The highest BCUT2D eigenvalue weighted by molar-refractivity contribution is 6.01. The molecule has 2 N–H and O–H groups in total.